The molecule has 1 aromatic heterocycles. The van der Waals surface area contributed by atoms with E-state index in [2.05, 4.69) is 20.1 Å². The van der Waals surface area contributed by atoms with Crippen LogP contribution in [0.2, 0.25) is 5.02 Å². The summed E-state index contributed by atoms with van der Waals surface area (Å²) in [7, 11) is 0. The van der Waals surface area contributed by atoms with Crippen LogP contribution in [-0.4, -0.2) is 20.8 Å². The van der Waals surface area contributed by atoms with E-state index >= 15 is 0 Å². The van der Waals surface area contributed by atoms with Crippen LogP contribution in [0.15, 0.2) is 48.5 Å². The highest BCUT2D eigenvalue weighted by molar-refractivity contribution is 6.30. The van der Waals surface area contributed by atoms with E-state index in [9.17, 15) is 4.79 Å². The Morgan fingerprint density at radius 2 is 2.00 bits per heavy atom. The van der Waals surface area contributed by atoms with Gasteiger partial charge in [-0.05, 0) is 55.7 Å². The minimum atomic E-state index is -0.233. The molecule has 7 heteroatoms. The first-order valence-corrected chi connectivity index (χ1v) is 10.3. The van der Waals surface area contributed by atoms with Crippen LogP contribution in [0.3, 0.4) is 0 Å². The maximum Gasteiger partial charge on any atom is 0.326 e. The molecular formula is C22H24ClN5O. The predicted octanol–water partition coefficient (Wildman–Crippen LogP) is 5.21. The van der Waals surface area contributed by atoms with Gasteiger partial charge >= 0.3 is 6.03 Å². The Kier molecular flexibility index (Phi) is 5.81. The number of aryl methyl sites for hydroxylation is 2. The van der Waals surface area contributed by atoms with Gasteiger partial charge in [-0.3, -0.25) is 4.90 Å². The van der Waals surface area contributed by atoms with Gasteiger partial charge in [-0.25, -0.2) is 4.79 Å². The fourth-order valence-electron chi connectivity index (χ4n) is 3.64. The smallest absolute Gasteiger partial charge is 0.313 e. The predicted molar refractivity (Wildman–Crippen MR) is 115 cm³/mol. The Hall–Kier alpha value is -2.86. The molecule has 0 bridgehead atoms. The molecule has 4 rings (SSSR count). The van der Waals surface area contributed by atoms with Crippen molar-refractivity contribution in [2.45, 2.75) is 45.7 Å². The van der Waals surface area contributed by atoms with Crippen LogP contribution in [0.4, 0.5) is 16.2 Å². The lowest BCUT2D eigenvalue weighted by atomic mass is 10.2. The van der Waals surface area contributed by atoms with E-state index in [1.54, 1.807) is 17.0 Å². The summed E-state index contributed by atoms with van der Waals surface area (Å²) in [6, 6.07) is 14.8. The van der Waals surface area contributed by atoms with Gasteiger partial charge in [0.1, 0.15) is 5.82 Å². The van der Waals surface area contributed by atoms with Gasteiger partial charge in [0.25, 0.3) is 0 Å². The molecule has 3 aromatic rings. The summed E-state index contributed by atoms with van der Waals surface area (Å²) in [6.07, 6.45) is 4.37. The maximum atomic E-state index is 13.2. The van der Waals surface area contributed by atoms with Crippen LogP contribution in [0, 0.1) is 6.92 Å². The average molecular weight is 410 g/mol. The minimum absolute atomic E-state index is 0.233. The number of aromatic nitrogens is 3. The number of nitrogens with one attached hydrogen (secondary N) is 1. The lowest BCUT2D eigenvalue weighted by Gasteiger charge is -2.23. The number of halogens is 1. The molecule has 1 aliphatic heterocycles. The molecule has 2 aromatic carbocycles. The van der Waals surface area contributed by atoms with Crippen molar-refractivity contribution >= 4 is 29.0 Å². The first-order valence-electron chi connectivity index (χ1n) is 9.92. The van der Waals surface area contributed by atoms with E-state index in [-0.39, 0.29) is 6.03 Å². The van der Waals surface area contributed by atoms with Crippen LogP contribution in [0.1, 0.15) is 36.5 Å². The van der Waals surface area contributed by atoms with Gasteiger partial charge < -0.3 is 9.88 Å². The van der Waals surface area contributed by atoms with Gasteiger partial charge in [0.05, 0.1) is 6.54 Å². The number of carbonyl (C=O) groups is 1. The molecule has 150 valence electrons. The fourth-order valence-corrected chi connectivity index (χ4v) is 3.83. The van der Waals surface area contributed by atoms with E-state index in [1.807, 2.05) is 43.3 Å². The van der Waals surface area contributed by atoms with E-state index in [0.29, 0.717) is 17.3 Å². The topological polar surface area (TPSA) is 63.1 Å². The number of benzene rings is 2. The van der Waals surface area contributed by atoms with Crippen molar-refractivity contribution in [3.05, 3.63) is 70.8 Å². The van der Waals surface area contributed by atoms with Crippen molar-refractivity contribution in [3.8, 4) is 0 Å². The van der Waals surface area contributed by atoms with Crippen LogP contribution < -0.4 is 10.2 Å². The first-order chi connectivity index (χ1) is 14.1. The zero-order valence-corrected chi connectivity index (χ0v) is 17.2. The second-order valence-corrected chi connectivity index (χ2v) is 7.80. The molecule has 0 unspecified atom stereocenters. The summed E-state index contributed by atoms with van der Waals surface area (Å²) in [5.41, 5.74) is 2.55. The lowest BCUT2D eigenvalue weighted by molar-refractivity contribution is 0.256. The SMILES string of the molecule is Cc1cccc(N(Cc2nnc3n2CCCCC3)C(=O)Nc2cccc(Cl)c2)c1. The van der Waals surface area contributed by atoms with E-state index in [0.717, 1.165) is 48.7 Å². The largest absolute Gasteiger partial charge is 0.326 e. The van der Waals surface area contributed by atoms with Crippen LogP contribution >= 0.6 is 11.6 Å². The van der Waals surface area contributed by atoms with Crippen molar-refractivity contribution in [2.75, 3.05) is 10.2 Å². The third-order valence-electron chi connectivity index (χ3n) is 5.12. The summed E-state index contributed by atoms with van der Waals surface area (Å²) in [5, 5.41) is 12.3. The molecular weight excluding hydrogens is 386 g/mol. The molecule has 0 spiro atoms. The Bertz CT molecular complexity index is 1020. The second-order valence-electron chi connectivity index (χ2n) is 7.36. The Labute approximate surface area is 175 Å². The summed E-state index contributed by atoms with van der Waals surface area (Å²) in [6.45, 7) is 3.26. The Morgan fingerprint density at radius 1 is 1.14 bits per heavy atom. The van der Waals surface area contributed by atoms with E-state index < -0.39 is 0 Å². The third-order valence-corrected chi connectivity index (χ3v) is 5.36. The van der Waals surface area contributed by atoms with E-state index in [4.69, 9.17) is 11.6 Å². The normalized spacial score (nSPS) is 13.4. The molecule has 0 atom stereocenters. The minimum Gasteiger partial charge on any atom is -0.313 e. The van der Waals surface area contributed by atoms with Crippen LogP contribution in [0.25, 0.3) is 0 Å². The van der Waals surface area contributed by atoms with Crippen molar-refractivity contribution in [1.29, 1.82) is 0 Å². The molecule has 29 heavy (non-hydrogen) atoms. The highest BCUT2D eigenvalue weighted by atomic mass is 35.5. The Morgan fingerprint density at radius 3 is 2.83 bits per heavy atom. The van der Waals surface area contributed by atoms with Gasteiger partial charge in [-0.1, -0.05) is 36.2 Å². The van der Waals surface area contributed by atoms with Gasteiger partial charge in [0.2, 0.25) is 0 Å². The highest BCUT2D eigenvalue weighted by Crippen LogP contribution is 2.23. The number of amides is 2. The Balaban J connectivity index is 1.64. The monoisotopic (exact) mass is 409 g/mol. The van der Waals surface area contributed by atoms with Gasteiger partial charge in [0, 0.05) is 29.4 Å². The number of urea groups is 1. The molecule has 0 radical (unpaired) electrons. The summed E-state index contributed by atoms with van der Waals surface area (Å²) in [5.74, 6) is 1.82. The molecule has 0 saturated carbocycles. The molecule has 0 fully saturated rings. The molecule has 1 N–H and O–H groups in total. The zero-order valence-electron chi connectivity index (χ0n) is 16.4. The molecule has 0 aliphatic carbocycles. The standard InChI is InChI=1S/C22H24ClN5O/c1-16-7-5-10-19(13-16)28(22(29)24-18-9-6-8-17(23)14-18)15-21-26-25-20-11-3-2-4-12-27(20)21/h5-10,13-14H,2-4,11-12,15H2,1H3,(H,24,29). The molecule has 0 saturated heterocycles. The van der Waals surface area contributed by atoms with Crippen molar-refractivity contribution in [2.24, 2.45) is 0 Å². The fraction of sp³-hybridized carbons (Fsp3) is 0.318. The first kappa shape index (κ1) is 19.5. The van der Waals surface area contributed by atoms with Gasteiger partial charge in [0.15, 0.2) is 5.82 Å². The number of nitrogens with zero attached hydrogens (tertiary/aromatic N) is 4. The maximum absolute atomic E-state index is 13.2. The summed E-state index contributed by atoms with van der Waals surface area (Å²) < 4.78 is 2.17. The van der Waals surface area contributed by atoms with Crippen LogP contribution in [0.5, 0.6) is 0 Å². The quantitative estimate of drug-likeness (QED) is 0.643. The molecule has 2 heterocycles. The number of rotatable bonds is 4. The van der Waals surface area contributed by atoms with Crippen molar-refractivity contribution in [3.63, 3.8) is 0 Å². The number of fused-ring (bicyclic) bond motifs is 1. The van der Waals surface area contributed by atoms with Crippen molar-refractivity contribution in [1.82, 2.24) is 14.8 Å². The molecule has 1 aliphatic rings. The van der Waals surface area contributed by atoms with E-state index in [1.165, 1.54) is 6.42 Å². The number of anilines is 2. The number of carbonyl (C=O) groups excluding carboxylic acids is 1. The van der Waals surface area contributed by atoms with Gasteiger partial charge in [-0.2, -0.15) is 0 Å². The third kappa shape index (κ3) is 4.59. The summed E-state index contributed by atoms with van der Waals surface area (Å²) in [4.78, 5) is 14.9. The number of hydrogen-bond acceptors (Lipinski definition) is 3. The summed E-state index contributed by atoms with van der Waals surface area (Å²) >= 11 is 6.07. The van der Waals surface area contributed by atoms with Crippen LogP contribution in [-0.2, 0) is 19.5 Å². The molecule has 6 nitrogen and oxygen atoms in total. The average Bonchev–Trinajstić information content (AvgIpc) is 2.92. The lowest BCUT2D eigenvalue weighted by Crippen LogP contribution is -2.35. The highest BCUT2D eigenvalue weighted by Gasteiger charge is 2.22. The van der Waals surface area contributed by atoms with Crippen molar-refractivity contribution < 1.29 is 4.79 Å². The molecule has 2 amide bonds. The zero-order chi connectivity index (χ0) is 20.2. The number of hydrogen-bond donors (Lipinski definition) is 1. The second kappa shape index (κ2) is 8.66. The van der Waals surface area contributed by atoms with Gasteiger partial charge in [-0.15, -0.1) is 10.2 Å².